The molecule has 0 aliphatic heterocycles. The lowest BCUT2D eigenvalue weighted by molar-refractivity contribution is 0.0464. The molecule has 0 radical (unpaired) electrons. The summed E-state index contributed by atoms with van der Waals surface area (Å²) >= 11 is 0. The number of ether oxygens (including phenoxy) is 2. The highest BCUT2D eigenvalue weighted by atomic mass is 19.2. The van der Waals surface area contributed by atoms with Crippen LogP contribution in [0.4, 0.5) is 46.5 Å². The highest BCUT2D eigenvalue weighted by Gasteiger charge is 2.31. The zero-order valence-corrected chi connectivity index (χ0v) is 17.9. The van der Waals surface area contributed by atoms with Gasteiger partial charge in [-0.1, -0.05) is 10.2 Å². The van der Waals surface area contributed by atoms with Crippen molar-refractivity contribution in [2.75, 3.05) is 13.2 Å². The molecule has 2 aromatic carbocycles. The lowest BCUT2D eigenvalue weighted by atomic mass is 10.1. The Morgan fingerprint density at radius 3 is 1.14 bits per heavy atom. The second-order valence-electron chi connectivity index (χ2n) is 6.67. The van der Waals surface area contributed by atoms with Gasteiger partial charge in [0.15, 0.2) is 46.5 Å². The van der Waals surface area contributed by atoms with Crippen LogP contribution in [0.15, 0.2) is 10.2 Å². The van der Waals surface area contributed by atoms with Crippen LogP contribution in [0.2, 0.25) is 0 Å². The predicted octanol–water partition coefficient (Wildman–Crippen LogP) is 6.87. The molecule has 0 N–H and O–H groups in total. The van der Waals surface area contributed by atoms with E-state index in [-0.39, 0.29) is 19.3 Å². The summed E-state index contributed by atoms with van der Waals surface area (Å²) in [5.74, 6) is -20.7. The summed E-state index contributed by atoms with van der Waals surface area (Å²) in [6.45, 7) is -1.10. The number of benzene rings is 2. The van der Waals surface area contributed by atoms with Gasteiger partial charge >= 0.3 is 11.9 Å². The van der Waals surface area contributed by atoms with Gasteiger partial charge in [-0.25, -0.2) is 44.7 Å². The zero-order chi connectivity index (χ0) is 27.9. The van der Waals surface area contributed by atoms with Crippen molar-refractivity contribution in [3.63, 3.8) is 0 Å². The molecule has 0 amide bonds. The molecule has 0 aliphatic carbocycles. The molecule has 0 saturated heterocycles. The Morgan fingerprint density at radius 2 is 0.865 bits per heavy atom. The van der Waals surface area contributed by atoms with Crippen molar-refractivity contribution in [3.05, 3.63) is 78.6 Å². The van der Waals surface area contributed by atoms with Crippen molar-refractivity contribution in [3.8, 4) is 0 Å². The van der Waals surface area contributed by atoms with E-state index in [1.165, 1.54) is 0 Å². The van der Waals surface area contributed by atoms with Crippen molar-refractivity contribution in [1.29, 1.82) is 0 Å². The number of rotatable bonds is 10. The number of esters is 2. The first-order valence-corrected chi connectivity index (χ1v) is 9.65. The first-order valence-electron chi connectivity index (χ1n) is 9.65. The van der Waals surface area contributed by atoms with E-state index in [1.54, 1.807) is 0 Å². The molecule has 0 saturated carbocycles. The molecular formula is C19H10F8N6O4. The monoisotopic (exact) mass is 538 g/mol. The number of halogens is 8. The molecular weight excluding hydrogens is 528 g/mol. The fraction of sp³-hybridized carbons (Fsp3) is 0.263. The van der Waals surface area contributed by atoms with E-state index >= 15 is 0 Å². The average molecular weight is 538 g/mol. The Kier molecular flexibility index (Phi) is 9.62. The fourth-order valence-corrected chi connectivity index (χ4v) is 2.72. The van der Waals surface area contributed by atoms with E-state index in [2.05, 4.69) is 19.7 Å². The summed E-state index contributed by atoms with van der Waals surface area (Å²) in [5, 5.41) is 4.92. The molecule has 0 bridgehead atoms. The zero-order valence-electron chi connectivity index (χ0n) is 17.9. The van der Waals surface area contributed by atoms with Crippen LogP contribution >= 0.6 is 0 Å². The van der Waals surface area contributed by atoms with Gasteiger partial charge in [0.2, 0.25) is 0 Å². The van der Waals surface area contributed by atoms with Gasteiger partial charge in [-0.15, -0.1) is 0 Å². The highest BCUT2D eigenvalue weighted by molar-refractivity contribution is 5.91. The first-order chi connectivity index (χ1) is 17.5. The number of hydrogen-bond donors (Lipinski definition) is 0. The van der Waals surface area contributed by atoms with Crippen LogP contribution in [0, 0.1) is 46.5 Å². The lowest BCUT2D eigenvalue weighted by Gasteiger charge is -2.10. The van der Waals surface area contributed by atoms with Gasteiger partial charge in [0.25, 0.3) is 0 Å². The average Bonchev–Trinajstić information content (AvgIpc) is 2.86. The third kappa shape index (κ3) is 5.99. The van der Waals surface area contributed by atoms with Gasteiger partial charge < -0.3 is 9.47 Å². The third-order valence-corrected chi connectivity index (χ3v) is 4.43. The highest BCUT2D eigenvalue weighted by Crippen LogP contribution is 2.32. The number of carbonyl (C=O) groups excluding carboxylic acids is 2. The van der Waals surface area contributed by atoms with E-state index in [1.807, 2.05) is 9.82 Å². The van der Waals surface area contributed by atoms with E-state index < -0.39 is 94.2 Å². The SMILES string of the molecule is [N-]=[N+]=Nc1c(F)c(F)c(C(=O)OCCCCCOC(=O)c2c(F)c(F)c(N=[N+]=[N-])c(F)c2F)c(F)c1F. The minimum atomic E-state index is -2.15. The molecule has 0 atom stereocenters. The van der Waals surface area contributed by atoms with Crippen LogP contribution in [0.25, 0.3) is 20.9 Å². The Hall–Kier alpha value is -4.56. The van der Waals surface area contributed by atoms with Crippen molar-refractivity contribution in [1.82, 2.24) is 0 Å². The summed E-state index contributed by atoms with van der Waals surface area (Å²) in [6.07, 6.45) is -0.0874. The van der Waals surface area contributed by atoms with E-state index in [9.17, 15) is 44.7 Å². The quantitative estimate of drug-likeness (QED) is 0.0617. The summed E-state index contributed by atoms with van der Waals surface area (Å²) in [4.78, 5) is 27.6. The molecule has 0 aromatic heterocycles. The number of carbonyl (C=O) groups is 2. The van der Waals surface area contributed by atoms with Gasteiger partial charge in [0.1, 0.15) is 22.5 Å². The van der Waals surface area contributed by atoms with Gasteiger partial charge in [0, 0.05) is 9.82 Å². The Labute approximate surface area is 199 Å². The van der Waals surface area contributed by atoms with Crippen molar-refractivity contribution < 1.29 is 54.2 Å². The normalized spacial score (nSPS) is 10.4. The molecule has 37 heavy (non-hydrogen) atoms. The maximum absolute atomic E-state index is 13.9. The Morgan fingerprint density at radius 1 is 0.568 bits per heavy atom. The van der Waals surface area contributed by atoms with Crippen LogP contribution < -0.4 is 0 Å². The molecule has 0 spiro atoms. The van der Waals surface area contributed by atoms with Crippen LogP contribution in [-0.2, 0) is 9.47 Å². The van der Waals surface area contributed by atoms with Gasteiger partial charge in [0.05, 0.1) is 13.2 Å². The Balaban J connectivity index is 1.90. The predicted molar refractivity (Wildman–Crippen MR) is 105 cm³/mol. The first kappa shape index (κ1) is 28.7. The molecule has 18 heteroatoms. The smallest absolute Gasteiger partial charge is 0.344 e. The maximum Gasteiger partial charge on any atom is 0.344 e. The van der Waals surface area contributed by atoms with Gasteiger partial charge in [-0.2, -0.15) is 0 Å². The summed E-state index contributed by atoms with van der Waals surface area (Å²) in [6, 6.07) is 0. The lowest BCUT2D eigenvalue weighted by Crippen LogP contribution is -2.15. The molecule has 0 unspecified atom stereocenters. The summed E-state index contributed by atoms with van der Waals surface area (Å²) in [5.41, 5.74) is 9.69. The van der Waals surface area contributed by atoms with Crippen LogP contribution in [0.1, 0.15) is 40.0 Å². The van der Waals surface area contributed by atoms with Crippen LogP contribution in [-0.4, -0.2) is 25.2 Å². The molecule has 2 rings (SSSR count). The van der Waals surface area contributed by atoms with Crippen molar-refractivity contribution >= 4 is 23.3 Å². The van der Waals surface area contributed by atoms with Gasteiger partial charge in [-0.05, 0) is 30.3 Å². The second kappa shape index (κ2) is 12.4. The molecule has 2 aromatic rings. The minimum absolute atomic E-state index is 0.0492. The molecule has 0 fully saturated rings. The van der Waals surface area contributed by atoms with Crippen LogP contribution in [0.3, 0.4) is 0 Å². The molecule has 10 nitrogen and oxygen atoms in total. The number of nitrogens with zero attached hydrogens (tertiary/aromatic N) is 6. The third-order valence-electron chi connectivity index (χ3n) is 4.43. The number of azide groups is 2. The maximum atomic E-state index is 13.9. The largest absolute Gasteiger partial charge is 0.462 e. The topological polar surface area (TPSA) is 150 Å². The fourth-order valence-electron chi connectivity index (χ4n) is 2.72. The summed E-state index contributed by atoms with van der Waals surface area (Å²) < 4.78 is 119. The summed E-state index contributed by atoms with van der Waals surface area (Å²) in [7, 11) is 0. The van der Waals surface area contributed by atoms with E-state index in [0.29, 0.717) is 0 Å². The van der Waals surface area contributed by atoms with Gasteiger partial charge in [-0.3, -0.25) is 0 Å². The Bertz CT molecular complexity index is 1200. The molecule has 0 aliphatic rings. The van der Waals surface area contributed by atoms with E-state index in [0.717, 1.165) is 0 Å². The van der Waals surface area contributed by atoms with E-state index in [4.69, 9.17) is 11.1 Å². The number of unbranched alkanes of at least 4 members (excludes halogenated alkanes) is 2. The minimum Gasteiger partial charge on any atom is -0.462 e. The molecule has 0 heterocycles. The van der Waals surface area contributed by atoms with Crippen molar-refractivity contribution in [2.45, 2.75) is 19.3 Å². The molecule has 196 valence electrons. The number of hydrogen-bond acceptors (Lipinski definition) is 6. The second-order valence-corrected chi connectivity index (χ2v) is 6.67. The van der Waals surface area contributed by atoms with Crippen LogP contribution in [0.5, 0.6) is 0 Å². The standard InChI is InChI=1S/C19H10F8N6O4/c20-8-6(9(21)13(25)16(12(8)24)30-32-28)18(34)36-4-2-1-3-5-37-19(35)7-10(22)14(26)17(31-33-29)15(27)11(7)23/h1-5H2. The van der Waals surface area contributed by atoms with Crippen molar-refractivity contribution in [2.24, 2.45) is 10.2 Å².